The summed E-state index contributed by atoms with van der Waals surface area (Å²) in [6.45, 7) is 7.05. The standard InChI is InChI=1S/C13H22N2O/c1-4-15(8-5-9-16-3)12-6-7-13(14)11(2)10-12/h6-7,10H,4-5,8-9,14H2,1-3H3. The Morgan fingerprint density at radius 2 is 2.12 bits per heavy atom. The van der Waals surface area contributed by atoms with Gasteiger partial charge in [-0.15, -0.1) is 0 Å². The molecule has 0 saturated carbocycles. The summed E-state index contributed by atoms with van der Waals surface area (Å²) < 4.78 is 5.07. The molecule has 0 bridgehead atoms. The fraction of sp³-hybridized carbons (Fsp3) is 0.538. The van der Waals surface area contributed by atoms with E-state index in [0.29, 0.717) is 0 Å². The number of hydrogen-bond donors (Lipinski definition) is 1. The first-order chi connectivity index (χ1) is 7.69. The van der Waals surface area contributed by atoms with E-state index in [9.17, 15) is 0 Å². The normalized spacial score (nSPS) is 10.4. The molecule has 2 N–H and O–H groups in total. The predicted molar refractivity (Wildman–Crippen MR) is 70.0 cm³/mol. The van der Waals surface area contributed by atoms with E-state index in [0.717, 1.165) is 37.4 Å². The highest BCUT2D eigenvalue weighted by Crippen LogP contribution is 2.20. The first-order valence-corrected chi connectivity index (χ1v) is 5.79. The third-order valence-electron chi connectivity index (χ3n) is 2.78. The number of methoxy groups -OCH3 is 1. The molecular formula is C13H22N2O. The van der Waals surface area contributed by atoms with Crippen molar-refractivity contribution in [3.63, 3.8) is 0 Å². The van der Waals surface area contributed by atoms with Gasteiger partial charge in [0.2, 0.25) is 0 Å². The van der Waals surface area contributed by atoms with Crippen LogP contribution in [0.3, 0.4) is 0 Å². The van der Waals surface area contributed by atoms with Crippen LogP contribution < -0.4 is 10.6 Å². The Hall–Kier alpha value is -1.22. The van der Waals surface area contributed by atoms with Crippen LogP contribution in [-0.4, -0.2) is 26.8 Å². The van der Waals surface area contributed by atoms with Crippen molar-refractivity contribution in [2.45, 2.75) is 20.3 Å². The average molecular weight is 222 g/mol. The van der Waals surface area contributed by atoms with Crippen molar-refractivity contribution in [1.29, 1.82) is 0 Å². The second kappa shape index (κ2) is 6.38. The molecule has 0 saturated heterocycles. The van der Waals surface area contributed by atoms with E-state index in [1.165, 1.54) is 5.69 Å². The molecule has 0 atom stereocenters. The van der Waals surface area contributed by atoms with Gasteiger partial charge in [-0.25, -0.2) is 0 Å². The van der Waals surface area contributed by atoms with Gasteiger partial charge in [0, 0.05) is 38.2 Å². The molecule has 0 aliphatic heterocycles. The van der Waals surface area contributed by atoms with Gasteiger partial charge in [0.1, 0.15) is 0 Å². The zero-order valence-corrected chi connectivity index (χ0v) is 10.5. The molecule has 1 aromatic carbocycles. The largest absolute Gasteiger partial charge is 0.399 e. The highest BCUT2D eigenvalue weighted by Gasteiger charge is 2.04. The van der Waals surface area contributed by atoms with E-state index >= 15 is 0 Å². The van der Waals surface area contributed by atoms with Gasteiger partial charge in [0.05, 0.1) is 0 Å². The van der Waals surface area contributed by atoms with Crippen LogP contribution >= 0.6 is 0 Å². The highest BCUT2D eigenvalue weighted by molar-refractivity contribution is 5.57. The lowest BCUT2D eigenvalue weighted by Gasteiger charge is -2.23. The third-order valence-corrected chi connectivity index (χ3v) is 2.78. The van der Waals surface area contributed by atoms with Crippen molar-refractivity contribution in [2.75, 3.05) is 37.4 Å². The van der Waals surface area contributed by atoms with Crippen LogP contribution in [0.4, 0.5) is 11.4 Å². The van der Waals surface area contributed by atoms with Crippen LogP contribution in [0.1, 0.15) is 18.9 Å². The van der Waals surface area contributed by atoms with E-state index < -0.39 is 0 Å². The fourth-order valence-electron chi connectivity index (χ4n) is 1.73. The molecule has 0 aliphatic carbocycles. The van der Waals surface area contributed by atoms with E-state index in [4.69, 9.17) is 10.5 Å². The summed E-state index contributed by atoms with van der Waals surface area (Å²) in [4.78, 5) is 2.34. The van der Waals surface area contributed by atoms with Crippen LogP contribution in [0.2, 0.25) is 0 Å². The molecule has 0 amide bonds. The summed E-state index contributed by atoms with van der Waals surface area (Å²) in [7, 11) is 1.74. The van der Waals surface area contributed by atoms with Gasteiger partial charge in [-0.2, -0.15) is 0 Å². The van der Waals surface area contributed by atoms with Crippen molar-refractivity contribution in [2.24, 2.45) is 0 Å². The van der Waals surface area contributed by atoms with Gasteiger partial charge >= 0.3 is 0 Å². The highest BCUT2D eigenvalue weighted by atomic mass is 16.5. The number of nitrogen functional groups attached to an aromatic ring is 1. The molecular weight excluding hydrogens is 200 g/mol. The number of benzene rings is 1. The summed E-state index contributed by atoms with van der Waals surface area (Å²) in [5.41, 5.74) is 9.05. The van der Waals surface area contributed by atoms with Crippen molar-refractivity contribution < 1.29 is 4.74 Å². The Morgan fingerprint density at radius 1 is 1.38 bits per heavy atom. The Balaban J connectivity index is 2.67. The van der Waals surface area contributed by atoms with E-state index in [1.807, 2.05) is 13.0 Å². The van der Waals surface area contributed by atoms with Gasteiger partial charge in [-0.1, -0.05) is 0 Å². The molecule has 3 nitrogen and oxygen atoms in total. The second-order valence-corrected chi connectivity index (χ2v) is 3.97. The minimum absolute atomic E-state index is 0.810. The molecule has 1 rings (SSSR count). The van der Waals surface area contributed by atoms with Crippen LogP contribution in [0.15, 0.2) is 18.2 Å². The molecule has 0 fully saturated rings. The van der Waals surface area contributed by atoms with Crippen molar-refractivity contribution in [1.82, 2.24) is 0 Å². The van der Waals surface area contributed by atoms with Crippen molar-refractivity contribution >= 4 is 11.4 Å². The van der Waals surface area contributed by atoms with E-state index in [1.54, 1.807) is 7.11 Å². The van der Waals surface area contributed by atoms with Crippen LogP contribution in [0.5, 0.6) is 0 Å². The molecule has 0 heterocycles. The fourth-order valence-corrected chi connectivity index (χ4v) is 1.73. The lowest BCUT2D eigenvalue weighted by atomic mass is 10.1. The molecule has 0 radical (unpaired) electrons. The van der Waals surface area contributed by atoms with Gasteiger partial charge < -0.3 is 15.4 Å². The number of aryl methyl sites for hydroxylation is 1. The quantitative estimate of drug-likeness (QED) is 0.593. The summed E-state index contributed by atoms with van der Waals surface area (Å²) in [5, 5.41) is 0. The van der Waals surface area contributed by atoms with Crippen molar-refractivity contribution in [3.05, 3.63) is 23.8 Å². The van der Waals surface area contributed by atoms with Gasteiger partial charge in [0.15, 0.2) is 0 Å². The summed E-state index contributed by atoms with van der Waals surface area (Å²) in [5.74, 6) is 0. The molecule has 1 aromatic rings. The lowest BCUT2D eigenvalue weighted by molar-refractivity contribution is 0.196. The molecule has 0 spiro atoms. The van der Waals surface area contributed by atoms with Crippen molar-refractivity contribution in [3.8, 4) is 0 Å². The minimum Gasteiger partial charge on any atom is -0.399 e. The summed E-state index contributed by atoms with van der Waals surface area (Å²) >= 11 is 0. The van der Waals surface area contributed by atoms with Crippen LogP contribution in [0, 0.1) is 6.92 Å². The van der Waals surface area contributed by atoms with Crippen LogP contribution in [-0.2, 0) is 4.74 Å². The monoisotopic (exact) mass is 222 g/mol. The number of ether oxygens (including phenoxy) is 1. The maximum Gasteiger partial charge on any atom is 0.0479 e. The SMILES string of the molecule is CCN(CCCOC)c1ccc(N)c(C)c1. The summed E-state index contributed by atoms with van der Waals surface area (Å²) in [6, 6.07) is 6.20. The Kier molecular flexibility index (Phi) is 5.12. The Morgan fingerprint density at radius 3 is 2.69 bits per heavy atom. The smallest absolute Gasteiger partial charge is 0.0479 e. The van der Waals surface area contributed by atoms with Gasteiger partial charge in [0.25, 0.3) is 0 Å². The van der Waals surface area contributed by atoms with Gasteiger partial charge in [-0.3, -0.25) is 0 Å². The second-order valence-electron chi connectivity index (χ2n) is 3.97. The number of nitrogens with zero attached hydrogens (tertiary/aromatic N) is 1. The number of hydrogen-bond acceptors (Lipinski definition) is 3. The summed E-state index contributed by atoms with van der Waals surface area (Å²) in [6.07, 6.45) is 1.05. The first-order valence-electron chi connectivity index (χ1n) is 5.79. The van der Waals surface area contributed by atoms with E-state index in [-0.39, 0.29) is 0 Å². The molecule has 0 unspecified atom stereocenters. The Bertz CT molecular complexity index is 326. The maximum atomic E-state index is 5.81. The molecule has 0 aromatic heterocycles. The lowest BCUT2D eigenvalue weighted by Crippen LogP contribution is -2.24. The van der Waals surface area contributed by atoms with Gasteiger partial charge in [-0.05, 0) is 44.0 Å². The zero-order chi connectivity index (χ0) is 12.0. The molecule has 90 valence electrons. The molecule has 16 heavy (non-hydrogen) atoms. The average Bonchev–Trinajstić information content (AvgIpc) is 2.29. The number of nitrogens with two attached hydrogens (primary N) is 1. The topological polar surface area (TPSA) is 38.5 Å². The maximum absolute atomic E-state index is 5.81. The van der Waals surface area contributed by atoms with E-state index in [2.05, 4.69) is 24.0 Å². The number of anilines is 2. The Labute approximate surface area is 98.2 Å². The minimum atomic E-state index is 0.810. The first kappa shape index (κ1) is 12.8. The molecule has 3 heteroatoms. The number of rotatable bonds is 6. The molecule has 0 aliphatic rings. The third kappa shape index (κ3) is 3.42. The van der Waals surface area contributed by atoms with Crippen LogP contribution in [0.25, 0.3) is 0 Å². The predicted octanol–water partition coefficient (Wildman–Crippen LogP) is 2.44. The zero-order valence-electron chi connectivity index (χ0n) is 10.5.